The molecule has 0 atom stereocenters. The van der Waals surface area contributed by atoms with Crippen LogP contribution in [0.25, 0.3) is 0 Å². The molecule has 1 heterocycles. The van der Waals surface area contributed by atoms with Gasteiger partial charge >= 0.3 is 0 Å². The average Bonchev–Trinajstić information content (AvgIpc) is 2.61. The summed E-state index contributed by atoms with van der Waals surface area (Å²) in [6, 6.07) is 0. The van der Waals surface area contributed by atoms with Crippen LogP contribution in [0.3, 0.4) is 0 Å². The number of nitrogens with one attached hydrogen (secondary N) is 2. The molecule has 1 aromatic rings. The largest absolute Gasteiger partial charge is 0.348 e. The molecule has 13 heavy (non-hydrogen) atoms. The first-order valence-electron chi connectivity index (χ1n) is 4.23. The van der Waals surface area contributed by atoms with Gasteiger partial charge in [0.2, 0.25) is 0 Å². The normalized spacial score (nSPS) is 10.6. The molecule has 0 saturated carbocycles. The second-order valence-corrected chi connectivity index (χ2v) is 2.56. The van der Waals surface area contributed by atoms with Gasteiger partial charge in [0.05, 0.1) is 6.33 Å². The summed E-state index contributed by atoms with van der Waals surface area (Å²) in [5.74, 6) is -0.170. The molecule has 0 aromatic carbocycles. The number of rotatable bonds is 3. The van der Waals surface area contributed by atoms with E-state index >= 15 is 0 Å². The summed E-state index contributed by atoms with van der Waals surface area (Å²) >= 11 is 0. The molecule has 4 heteroatoms. The number of allylic oxidation sites excluding steroid dienone is 1. The zero-order valence-electron chi connectivity index (χ0n) is 7.79. The molecule has 1 amide bonds. The molecule has 0 fully saturated rings. The Balaban J connectivity index is 2.76. The number of hydrogen-bond donors (Lipinski definition) is 2. The maximum atomic E-state index is 11.4. The minimum atomic E-state index is -0.170. The van der Waals surface area contributed by atoms with Crippen LogP contribution in [0.15, 0.2) is 18.6 Å². The lowest BCUT2D eigenvalue weighted by molar-refractivity contribution is 0.0964. The average molecular weight is 179 g/mol. The maximum Gasteiger partial charge on any atom is 0.275 e. The van der Waals surface area contributed by atoms with E-state index in [1.807, 2.05) is 13.8 Å². The van der Waals surface area contributed by atoms with Crippen LogP contribution < -0.4 is 5.32 Å². The number of aryl methyl sites for hydroxylation is 1. The van der Waals surface area contributed by atoms with E-state index < -0.39 is 0 Å². The summed E-state index contributed by atoms with van der Waals surface area (Å²) in [6.07, 6.45) is 5.66. The Morgan fingerprint density at radius 1 is 1.77 bits per heavy atom. The predicted octanol–water partition coefficient (Wildman–Crippen LogP) is 1.24. The molecule has 0 bridgehead atoms. The van der Waals surface area contributed by atoms with Crippen molar-refractivity contribution < 1.29 is 4.79 Å². The number of amides is 1. The van der Waals surface area contributed by atoms with Crippen LogP contribution in [-0.4, -0.2) is 15.9 Å². The van der Waals surface area contributed by atoms with Crippen molar-refractivity contribution in [3.05, 3.63) is 30.0 Å². The Morgan fingerprint density at radius 2 is 2.54 bits per heavy atom. The Bertz CT molecular complexity index is 314. The molecule has 4 nitrogen and oxygen atoms in total. The van der Waals surface area contributed by atoms with Crippen LogP contribution in [0, 0.1) is 0 Å². The Kier molecular flexibility index (Phi) is 3.25. The summed E-state index contributed by atoms with van der Waals surface area (Å²) in [5.41, 5.74) is 1.34. The molecule has 0 spiro atoms. The Morgan fingerprint density at radius 3 is 3.15 bits per heavy atom. The zero-order chi connectivity index (χ0) is 9.68. The second-order valence-electron chi connectivity index (χ2n) is 2.56. The van der Waals surface area contributed by atoms with Crippen LogP contribution >= 0.6 is 0 Å². The number of aromatic nitrogens is 2. The third-order valence-electron chi connectivity index (χ3n) is 1.67. The van der Waals surface area contributed by atoms with Gasteiger partial charge in [0, 0.05) is 5.69 Å². The quantitative estimate of drug-likeness (QED) is 0.733. The van der Waals surface area contributed by atoms with Crippen LogP contribution in [-0.2, 0) is 6.42 Å². The number of hydrogen-bond acceptors (Lipinski definition) is 2. The number of carbonyl (C=O) groups excluding carboxylic acids is 1. The smallest absolute Gasteiger partial charge is 0.275 e. The highest BCUT2D eigenvalue weighted by Crippen LogP contribution is 2.02. The molecule has 1 aromatic heterocycles. The van der Waals surface area contributed by atoms with E-state index in [9.17, 15) is 4.79 Å². The van der Waals surface area contributed by atoms with Gasteiger partial charge in [-0.25, -0.2) is 4.98 Å². The number of carbonyl (C=O) groups is 1. The van der Waals surface area contributed by atoms with E-state index in [0.29, 0.717) is 5.69 Å². The van der Waals surface area contributed by atoms with E-state index in [-0.39, 0.29) is 5.91 Å². The second kappa shape index (κ2) is 4.45. The highest BCUT2D eigenvalue weighted by molar-refractivity contribution is 5.93. The van der Waals surface area contributed by atoms with Gasteiger partial charge in [-0.3, -0.25) is 4.79 Å². The molecule has 0 aliphatic carbocycles. The van der Waals surface area contributed by atoms with E-state index in [4.69, 9.17) is 0 Å². The first kappa shape index (κ1) is 9.51. The summed E-state index contributed by atoms with van der Waals surface area (Å²) in [5, 5.41) is 2.61. The van der Waals surface area contributed by atoms with E-state index in [2.05, 4.69) is 15.3 Å². The fourth-order valence-corrected chi connectivity index (χ4v) is 1.01. The molecule has 2 N–H and O–H groups in total. The van der Waals surface area contributed by atoms with Gasteiger partial charge < -0.3 is 10.3 Å². The van der Waals surface area contributed by atoms with Crippen molar-refractivity contribution in [2.75, 3.05) is 0 Å². The minimum absolute atomic E-state index is 0.170. The molecule has 0 aliphatic heterocycles. The lowest BCUT2D eigenvalue weighted by Crippen LogP contribution is -2.18. The standard InChI is InChI=1S/C9H13N3O/c1-3-5-10-9(13)8-7(4-2)11-6-12-8/h3,5-6H,4H2,1-2H3,(H,10,13)(H,11,12)/b5-3-. The van der Waals surface area contributed by atoms with Crippen molar-refractivity contribution >= 4 is 5.91 Å². The van der Waals surface area contributed by atoms with Crippen molar-refractivity contribution in [3.8, 4) is 0 Å². The van der Waals surface area contributed by atoms with E-state index in [1.165, 1.54) is 6.33 Å². The minimum Gasteiger partial charge on any atom is -0.348 e. The van der Waals surface area contributed by atoms with Gasteiger partial charge in [0.15, 0.2) is 0 Å². The Hall–Kier alpha value is -1.58. The first-order chi connectivity index (χ1) is 6.29. The number of H-pyrrole nitrogens is 1. The van der Waals surface area contributed by atoms with Gasteiger partial charge in [0.1, 0.15) is 5.69 Å². The molecule has 0 aliphatic rings. The highest BCUT2D eigenvalue weighted by atomic mass is 16.1. The molecule has 0 saturated heterocycles. The number of nitrogens with zero attached hydrogens (tertiary/aromatic N) is 1. The van der Waals surface area contributed by atoms with Gasteiger partial charge in [-0.2, -0.15) is 0 Å². The summed E-state index contributed by atoms with van der Waals surface area (Å²) in [6.45, 7) is 3.81. The van der Waals surface area contributed by atoms with Gasteiger partial charge in [-0.15, -0.1) is 0 Å². The number of aromatic amines is 1. The van der Waals surface area contributed by atoms with Crippen molar-refractivity contribution in [2.45, 2.75) is 20.3 Å². The Labute approximate surface area is 77.1 Å². The van der Waals surface area contributed by atoms with Gasteiger partial charge in [0.25, 0.3) is 5.91 Å². The van der Waals surface area contributed by atoms with E-state index in [0.717, 1.165) is 12.1 Å². The summed E-state index contributed by atoms with van der Waals surface area (Å²) < 4.78 is 0. The van der Waals surface area contributed by atoms with Crippen molar-refractivity contribution in [1.29, 1.82) is 0 Å². The predicted molar refractivity (Wildman–Crippen MR) is 50.2 cm³/mol. The maximum absolute atomic E-state index is 11.4. The fraction of sp³-hybridized carbons (Fsp3) is 0.333. The molecule has 1 rings (SSSR count). The van der Waals surface area contributed by atoms with Crippen molar-refractivity contribution in [3.63, 3.8) is 0 Å². The third kappa shape index (κ3) is 2.18. The van der Waals surface area contributed by atoms with Crippen molar-refractivity contribution in [2.24, 2.45) is 0 Å². The van der Waals surface area contributed by atoms with Crippen LogP contribution in [0.5, 0.6) is 0 Å². The highest BCUT2D eigenvalue weighted by Gasteiger charge is 2.10. The third-order valence-corrected chi connectivity index (χ3v) is 1.67. The number of imidazole rings is 1. The summed E-state index contributed by atoms with van der Waals surface area (Å²) in [4.78, 5) is 18.3. The molecule has 0 radical (unpaired) electrons. The molecular formula is C9H13N3O. The lowest BCUT2D eigenvalue weighted by atomic mass is 10.2. The van der Waals surface area contributed by atoms with Gasteiger partial charge in [-0.05, 0) is 19.5 Å². The first-order valence-corrected chi connectivity index (χ1v) is 4.23. The molecule has 0 unspecified atom stereocenters. The SMILES string of the molecule is C/C=C\NC(=O)c1nc[nH]c1CC. The zero-order valence-corrected chi connectivity index (χ0v) is 7.79. The summed E-state index contributed by atoms with van der Waals surface area (Å²) in [7, 11) is 0. The van der Waals surface area contributed by atoms with Crippen LogP contribution in [0.1, 0.15) is 30.0 Å². The van der Waals surface area contributed by atoms with Crippen LogP contribution in [0.2, 0.25) is 0 Å². The monoisotopic (exact) mass is 179 g/mol. The lowest BCUT2D eigenvalue weighted by Gasteiger charge is -1.97. The van der Waals surface area contributed by atoms with Crippen molar-refractivity contribution in [1.82, 2.24) is 15.3 Å². The molecular weight excluding hydrogens is 166 g/mol. The van der Waals surface area contributed by atoms with Gasteiger partial charge in [-0.1, -0.05) is 13.0 Å². The van der Waals surface area contributed by atoms with E-state index in [1.54, 1.807) is 12.3 Å². The molecule has 70 valence electrons. The van der Waals surface area contributed by atoms with Crippen LogP contribution in [0.4, 0.5) is 0 Å². The topological polar surface area (TPSA) is 57.8 Å². The fourth-order valence-electron chi connectivity index (χ4n) is 1.01.